The van der Waals surface area contributed by atoms with Gasteiger partial charge in [0.05, 0.1) is 0 Å². The highest BCUT2D eigenvalue weighted by atomic mass is 32.2. The van der Waals surface area contributed by atoms with E-state index in [2.05, 4.69) is 10.3 Å². The number of nitrogens with one attached hydrogen (secondary N) is 2. The van der Waals surface area contributed by atoms with Crippen LogP contribution in [-0.4, -0.2) is 27.1 Å². The van der Waals surface area contributed by atoms with E-state index in [1.807, 2.05) is 18.7 Å². The Balaban J connectivity index is 2.18. The van der Waals surface area contributed by atoms with Gasteiger partial charge in [-0.1, -0.05) is 13.3 Å². The van der Waals surface area contributed by atoms with Gasteiger partial charge in [-0.15, -0.1) is 0 Å². The van der Waals surface area contributed by atoms with Crippen LogP contribution in [-0.2, 0) is 6.54 Å². The molecular formula is C13H22N4O2S. The van der Waals surface area contributed by atoms with Crippen LogP contribution in [0, 0.1) is 0 Å². The summed E-state index contributed by atoms with van der Waals surface area (Å²) < 4.78 is 1.44. The van der Waals surface area contributed by atoms with E-state index in [0.29, 0.717) is 24.0 Å². The summed E-state index contributed by atoms with van der Waals surface area (Å²) in [4.78, 5) is 26.0. The lowest BCUT2D eigenvalue weighted by Crippen LogP contribution is -2.35. The summed E-state index contributed by atoms with van der Waals surface area (Å²) in [6, 6.07) is 0. The zero-order valence-electron chi connectivity index (χ0n) is 11.8. The molecule has 1 aliphatic rings. The average molecular weight is 298 g/mol. The first-order valence-electron chi connectivity index (χ1n) is 7.11. The number of hydrogen-bond donors (Lipinski definition) is 3. The quantitative estimate of drug-likeness (QED) is 0.734. The fourth-order valence-electron chi connectivity index (χ4n) is 2.32. The smallest absolute Gasteiger partial charge is 0.330 e. The minimum atomic E-state index is -0.429. The largest absolute Gasteiger partial charge is 0.383 e. The Morgan fingerprint density at radius 2 is 2.30 bits per heavy atom. The summed E-state index contributed by atoms with van der Waals surface area (Å²) in [7, 11) is 0. The second-order valence-corrected chi connectivity index (χ2v) is 6.45. The number of aromatic amines is 1. The molecule has 1 aromatic rings. The van der Waals surface area contributed by atoms with E-state index in [-0.39, 0.29) is 5.82 Å². The Bertz CT molecular complexity index is 560. The molecular weight excluding hydrogens is 276 g/mol. The number of nitrogens with two attached hydrogens (primary N) is 1. The van der Waals surface area contributed by atoms with Crippen LogP contribution in [0.3, 0.4) is 0 Å². The van der Waals surface area contributed by atoms with Gasteiger partial charge in [0.1, 0.15) is 11.5 Å². The number of anilines is 2. The van der Waals surface area contributed by atoms with Crippen LogP contribution in [0.2, 0.25) is 0 Å². The number of nitrogen functional groups attached to an aromatic ring is 1. The maximum absolute atomic E-state index is 11.9. The molecule has 1 saturated heterocycles. The van der Waals surface area contributed by atoms with Crippen molar-refractivity contribution in [3.63, 3.8) is 0 Å². The molecule has 0 aromatic carbocycles. The van der Waals surface area contributed by atoms with E-state index >= 15 is 0 Å². The highest BCUT2D eigenvalue weighted by Crippen LogP contribution is 2.26. The van der Waals surface area contributed by atoms with Crippen LogP contribution in [0.25, 0.3) is 0 Å². The van der Waals surface area contributed by atoms with Crippen LogP contribution in [0.15, 0.2) is 9.59 Å². The molecule has 0 bridgehead atoms. The van der Waals surface area contributed by atoms with Crippen LogP contribution in [0.1, 0.15) is 32.6 Å². The van der Waals surface area contributed by atoms with Crippen molar-refractivity contribution in [2.75, 3.05) is 23.3 Å². The van der Waals surface area contributed by atoms with E-state index in [9.17, 15) is 9.59 Å². The number of H-pyrrole nitrogens is 1. The Morgan fingerprint density at radius 3 is 2.95 bits per heavy atom. The number of aromatic nitrogens is 2. The fraction of sp³-hybridized carbons (Fsp3) is 0.692. The lowest BCUT2D eigenvalue weighted by Gasteiger charge is -2.15. The third-order valence-corrected chi connectivity index (χ3v) is 4.90. The van der Waals surface area contributed by atoms with Gasteiger partial charge in [-0.25, -0.2) is 4.79 Å². The predicted molar refractivity (Wildman–Crippen MR) is 84.6 cm³/mol. The van der Waals surface area contributed by atoms with Crippen molar-refractivity contribution in [1.82, 2.24) is 9.55 Å². The zero-order valence-corrected chi connectivity index (χ0v) is 12.6. The third kappa shape index (κ3) is 3.39. The van der Waals surface area contributed by atoms with E-state index < -0.39 is 11.2 Å². The minimum Gasteiger partial charge on any atom is -0.383 e. The second-order valence-electron chi connectivity index (χ2n) is 5.04. The van der Waals surface area contributed by atoms with Crippen molar-refractivity contribution in [3.05, 3.63) is 20.8 Å². The lowest BCUT2D eigenvalue weighted by atomic mass is 10.2. The molecule has 0 amide bonds. The Labute approximate surface area is 122 Å². The van der Waals surface area contributed by atoms with E-state index in [4.69, 9.17) is 5.73 Å². The van der Waals surface area contributed by atoms with Gasteiger partial charge >= 0.3 is 5.69 Å². The first-order valence-corrected chi connectivity index (χ1v) is 8.16. The summed E-state index contributed by atoms with van der Waals surface area (Å²) in [6.07, 6.45) is 4.20. The predicted octanol–water partition coefficient (Wildman–Crippen LogP) is 1.23. The van der Waals surface area contributed by atoms with Gasteiger partial charge in [-0.2, -0.15) is 11.8 Å². The summed E-state index contributed by atoms with van der Waals surface area (Å²) in [5.41, 5.74) is 5.45. The Morgan fingerprint density at radius 1 is 1.50 bits per heavy atom. The molecule has 2 rings (SSSR count). The second kappa shape index (κ2) is 6.88. The van der Waals surface area contributed by atoms with Gasteiger partial charge in [0.15, 0.2) is 0 Å². The third-order valence-electron chi connectivity index (χ3n) is 3.51. The molecule has 7 heteroatoms. The van der Waals surface area contributed by atoms with Crippen LogP contribution >= 0.6 is 11.8 Å². The first kappa shape index (κ1) is 15.0. The summed E-state index contributed by atoms with van der Waals surface area (Å²) in [5.74, 6) is 1.42. The molecule has 1 fully saturated rings. The van der Waals surface area contributed by atoms with Crippen LogP contribution < -0.4 is 22.3 Å². The van der Waals surface area contributed by atoms with Gasteiger partial charge in [-0.3, -0.25) is 14.3 Å². The van der Waals surface area contributed by atoms with Crippen molar-refractivity contribution in [2.24, 2.45) is 0 Å². The lowest BCUT2D eigenvalue weighted by molar-refractivity contribution is 0.605. The highest BCUT2D eigenvalue weighted by molar-refractivity contribution is 8.00. The maximum Gasteiger partial charge on any atom is 0.330 e. The summed E-state index contributed by atoms with van der Waals surface area (Å²) in [6.45, 7) is 3.29. The molecule has 6 nitrogen and oxygen atoms in total. The van der Waals surface area contributed by atoms with Gasteiger partial charge in [-0.05, 0) is 25.0 Å². The number of thioether (sulfide) groups is 1. The van der Waals surface area contributed by atoms with Gasteiger partial charge < -0.3 is 11.1 Å². The van der Waals surface area contributed by atoms with Crippen molar-refractivity contribution in [1.29, 1.82) is 0 Å². The molecule has 0 aliphatic carbocycles. The van der Waals surface area contributed by atoms with Gasteiger partial charge in [0.25, 0.3) is 5.56 Å². The Hall–Kier alpha value is -1.37. The van der Waals surface area contributed by atoms with Gasteiger partial charge in [0.2, 0.25) is 0 Å². The fourth-order valence-corrected chi connectivity index (χ4v) is 3.52. The summed E-state index contributed by atoms with van der Waals surface area (Å²) >= 11 is 1.91. The zero-order chi connectivity index (χ0) is 14.5. The molecule has 0 radical (unpaired) electrons. The molecule has 112 valence electrons. The molecule has 0 spiro atoms. The topological polar surface area (TPSA) is 92.9 Å². The first-order chi connectivity index (χ1) is 9.63. The van der Waals surface area contributed by atoms with E-state index in [1.165, 1.54) is 16.7 Å². The normalized spacial score (nSPS) is 18.4. The van der Waals surface area contributed by atoms with Crippen molar-refractivity contribution < 1.29 is 0 Å². The summed E-state index contributed by atoms with van der Waals surface area (Å²) in [5, 5.41) is 3.64. The number of unbranched alkanes of at least 4 members (excludes halogenated alkanes) is 1. The van der Waals surface area contributed by atoms with Crippen molar-refractivity contribution in [2.45, 2.75) is 44.4 Å². The maximum atomic E-state index is 11.9. The molecule has 2 heterocycles. The Kier molecular flexibility index (Phi) is 5.17. The van der Waals surface area contributed by atoms with E-state index in [1.54, 1.807) is 0 Å². The van der Waals surface area contributed by atoms with Crippen LogP contribution in [0.5, 0.6) is 0 Å². The minimum absolute atomic E-state index is 0.246. The standard InChI is InChI=1S/C13H22N4O2S/c1-2-3-6-17-11(14)10(12(18)16-13(17)19)15-8-9-5-4-7-20-9/h9,15H,2-8,14H2,1H3,(H,16,18,19). The van der Waals surface area contributed by atoms with E-state index in [0.717, 1.165) is 19.3 Å². The van der Waals surface area contributed by atoms with Crippen molar-refractivity contribution >= 4 is 23.3 Å². The molecule has 4 N–H and O–H groups in total. The van der Waals surface area contributed by atoms with Crippen molar-refractivity contribution in [3.8, 4) is 0 Å². The average Bonchev–Trinajstić information content (AvgIpc) is 2.91. The molecule has 1 aromatic heterocycles. The highest BCUT2D eigenvalue weighted by Gasteiger charge is 2.17. The molecule has 1 aliphatic heterocycles. The molecule has 20 heavy (non-hydrogen) atoms. The molecule has 0 saturated carbocycles. The molecule has 1 unspecified atom stereocenters. The number of nitrogens with zero attached hydrogens (tertiary/aromatic N) is 1. The molecule has 1 atom stereocenters. The monoisotopic (exact) mass is 298 g/mol. The van der Waals surface area contributed by atoms with Crippen LogP contribution in [0.4, 0.5) is 11.5 Å². The number of hydrogen-bond acceptors (Lipinski definition) is 5. The number of rotatable bonds is 6. The van der Waals surface area contributed by atoms with Gasteiger partial charge in [0, 0.05) is 18.3 Å². The SMILES string of the molecule is CCCCn1c(N)c(NCC2CCCS2)c(=O)[nH]c1=O.